The first kappa shape index (κ1) is 9.64. The van der Waals surface area contributed by atoms with Gasteiger partial charge in [0.2, 0.25) is 0 Å². The van der Waals surface area contributed by atoms with Crippen LogP contribution in [0.3, 0.4) is 0 Å². The quantitative estimate of drug-likeness (QED) is 0.546. The number of nitrogens with two attached hydrogens (primary N) is 1. The van der Waals surface area contributed by atoms with Crippen LogP contribution in [0, 0.1) is 0 Å². The van der Waals surface area contributed by atoms with E-state index in [1.165, 1.54) is 14.4 Å². The standard InChI is InChI=1S/C13H10N2Se/c14-10-7-5-9(6-8-10)13-15-11-3-1-2-4-12(11)16-13/h1-8H,14H2. The summed E-state index contributed by atoms with van der Waals surface area (Å²) in [7, 11) is 0. The second kappa shape index (κ2) is 3.78. The van der Waals surface area contributed by atoms with Crippen molar-refractivity contribution in [2.24, 2.45) is 0 Å². The van der Waals surface area contributed by atoms with Gasteiger partial charge in [-0.15, -0.1) is 0 Å². The van der Waals surface area contributed by atoms with Crippen LogP contribution >= 0.6 is 0 Å². The molecule has 2 nitrogen and oxygen atoms in total. The number of fused-ring (bicyclic) bond motifs is 1. The van der Waals surface area contributed by atoms with Crippen molar-refractivity contribution in [2.75, 3.05) is 5.73 Å². The van der Waals surface area contributed by atoms with Gasteiger partial charge in [-0.25, -0.2) is 0 Å². The first-order valence-electron chi connectivity index (χ1n) is 5.04. The molecule has 1 aromatic heterocycles. The van der Waals surface area contributed by atoms with E-state index < -0.39 is 0 Å². The van der Waals surface area contributed by atoms with Crippen LogP contribution < -0.4 is 5.73 Å². The van der Waals surface area contributed by atoms with Gasteiger partial charge in [-0.3, -0.25) is 0 Å². The van der Waals surface area contributed by atoms with Crippen molar-refractivity contribution >= 4 is 30.0 Å². The Bertz CT molecular complexity index is 593. The number of para-hydroxylation sites is 1. The summed E-state index contributed by atoms with van der Waals surface area (Å²) in [4.78, 5) is 4.66. The Labute approximate surface area is 99.5 Å². The third-order valence-corrected chi connectivity index (χ3v) is 4.73. The first-order chi connectivity index (χ1) is 7.83. The summed E-state index contributed by atoms with van der Waals surface area (Å²) >= 11 is 0.326. The van der Waals surface area contributed by atoms with Gasteiger partial charge in [0.05, 0.1) is 0 Å². The molecule has 16 heavy (non-hydrogen) atoms. The monoisotopic (exact) mass is 274 g/mol. The van der Waals surface area contributed by atoms with Crippen molar-refractivity contribution in [2.45, 2.75) is 0 Å². The number of benzene rings is 2. The van der Waals surface area contributed by atoms with Crippen molar-refractivity contribution in [3.8, 4) is 10.1 Å². The van der Waals surface area contributed by atoms with Crippen LogP contribution in [-0.2, 0) is 0 Å². The fourth-order valence-corrected chi connectivity index (χ4v) is 3.66. The first-order valence-corrected chi connectivity index (χ1v) is 6.76. The number of aromatic nitrogens is 1. The molecule has 0 atom stereocenters. The second-order valence-corrected chi connectivity index (χ2v) is 5.77. The number of nitrogen functional groups attached to an aromatic ring is 1. The van der Waals surface area contributed by atoms with E-state index in [9.17, 15) is 0 Å². The molecule has 2 N–H and O–H groups in total. The van der Waals surface area contributed by atoms with Gasteiger partial charge < -0.3 is 0 Å². The molecule has 3 aromatic rings. The van der Waals surface area contributed by atoms with Crippen LogP contribution in [0.1, 0.15) is 0 Å². The van der Waals surface area contributed by atoms with Gasteiger partial charge in [0.15, 0.2) is 0 Å². The van der Waals surface area contributed by atoms with E-state index in [1.807, 2.05) is 30.3 Å². The molecule has 0 fully saturated rings. The molecule has 0 bridgehead atoms. The Hall–Kier alpha value is -1.57. The van der Waals surface area contributed by atoms with E-state index in [4.69, 9.17) is 5.73 Å². The molecule has 0 saturated carbocycles. The molecule has 0 spiro atoms. The molecule has 3 rings (SSSR count). The predicted molar refractivity (Wildman–Crippen MR) is 68.5 cm³/mol. The molecule has 0 amide bonds. The van der Waals surface area contributed by atoms with Crippen LogP contribution in [-0.4, -0.2) is 19.5 Å². The van der Waals surface area contributed by atoms with Crippen molar-refractivity contribution in [3.63, 3.8) is 0 Å². The Kier molecular flexibility index (Phi) is 2.28. The third-order valence-electron chi connectivity index (χ3n) is 2.45. The van der Waals surface area contributed by atoms with Crippen molar-refractivity contribution in [1.29, 1.82) is 0 Å². The summed E-state index contributed by atoms with van der Waals surface area (Å²) in [5.74, 6) is 0. The SMILES string of the molecule is Nc1ccc(-c2nc3ccccc3[se]2)cc1. The van der Waals surface area contributed by atoms with Gasteiger partial charge in [-0.1, -0.05) is 0 Å². The average Bonchev–Trinajstić information content (AvgIpc) is 2.73. The van der Waals surface area contributed by atoms with Gasteiger partial charge in [0.1, 0.15) is 0 Å². The minimum absolute atomic E-state index is 0.326. The molecule has 0 saturated heterocycles. The molecule has 2 aromatic carbocycles. The normalized spacial score (nSPS) is 10.8. The molecule has 0 radical (unpaired) electrons. The number of anilines is 1. The third kappa shape index (κ3) is 1.64. The number of rotatable bonds is 1. The topological polar surface area (TPSA) is 38.9 Å². The molecular weight excluding hydrogens is 263 g/mol. The number of hydrogen-bond acceptors (Lipinski definition) is 2. The maximum absolute atomic E-state index is 5.67. The minimum atomic E-state index is 0.326. The fourth-order valence-electron chi connectivity index (χ4n) is 1.62. The summed E-state index contributed by atoms with van der Waals surface area (Å²) < 4.78 is 2.55. The molecule has 1 heterocycles. The van der Waals surface area contributed by atoms with E-state index in [1.54, 1.807) is 0 Å². The Morgan fingerprint density at radius 1 is 0.938 bits per heavy atom. The zero-order valence-corrected chi connectivity index (χ0v) is 10.3. The summed E-state index contributed by atoms with van der Waals surface area (Å²) in [5, 5.41) is 0. The molecule has 0 aliphatic rings. The number of nitrogens with zero attached hydrogens (tertiary/aromatic N) is 1. The van der Waals surface area contributed by atoms with E-state index in [0.717, 1.165) is 11.2 Å². The van der Waals surface area contributed by atoms with Crippen LogP contribution in [0.25, 0.3) is 19.9 Å². The Morgan fingerprint density at radius 2 is 1.69 bits per heavy atom. The van der Waals surface area contributed by atoms with Crippen molar-refractivity contribution < 1.29 is 0 Å². The summed E-state index contributed by atoms with van der Waals surface area (Å²) in [6.07, 6.45) is 0. The van der Waals surface area contributed by atoms with Crippen molar-refractivity contribution in [1.82, 2.24) is 4.98 Å². The van der Waals surface area contributed by atoms with Crippen molar-refractivity contribution in [3.05, 3.63) is 48.5 Å². The molecule has 0 aliphatic heterocycles. The molecular formula is C13H10N2Se. The van der Waals surface area contributed by atoms with Crippen LogP contribution in [0.2, 0.25) is 0 Å². The van der Waals surface area contributed by atoms with E-state index in [2.05, 4.69) is 23.2 Å². The molecule has 0 unspecified atom stereocenters. The summed E-state index contributed by atoms with van der Waals surface area (Å²) in [5.41, 5.74) is 8.78. The second-order valence-electron chi connectivity index (χ2n) is 3.61. The van der Waals surface area contributed by atoms with E-state index in [0.29, 0.717) is 14.5 Å². The van der Waals surface area contributed by atoms with Crippen LogP contribution in [0.5, 0.6) is 0 Å². The molecule has 0 aliphatic carbocycles. The summed E-state index contributed by atoms with van der Waals surface area (Å²) in [6, 6.07) is 16.3. The summed E-state index contributed by atoms with van der Waals surface area (Å²) in [6.45, 7) is 0. The average molecular weight is 273 g/mol. The molecule has 78 valence electrons. The Balaban J connectivity index is 2.15. The molecule has 3 heteroatoms. The van der Waals surface area contributed by atoms with Gasteiger partial charge >= 0.3 is 99.3 Å². The zero-order valence-electron chi connectivity index (χ0n) is 8.55. The van der Waals surface area contributed by atoms with Gasteiger partial charge in [0, 0.05) is 0 Å². The van der Waals surface area contributed by atoms with Gasteiger partial charge in [-0.05, 0) is 0 Å². The predicted octanol–water partition coefficient (Wildman–Crippen LogP) is 2.54. The van der Waals surface area contributed by atoms with E-state index in [-0.39, 0.29) is 0 Å². The van der Waals surface area contributed by atoms with E-state index >= 15 is 0 Å². The fraction of sp³-hybridized carbons (Fsp3) is 0. The Morgan fingerprint density at radius 3 is 2.44 bits per heavy atom. The van der Waals surface area contributed by atoms with Gasteiger partial charge in [0.25, 0.3) is 0 Å². The maximum atomic E-state index is 5.67. The number of hydrogen-bond donors (Lipinski definition) is 1. The van der Waals surface area contributed by atoms with Crippen LogP contribution in [0.4, 0.5) is 5.69 Å². The zero-order chi connectivity index (χ0) is 11.0. The van der Waals surface area contributed by atoms with Crippen LogP contribution in [0.15, 0.2) is 48.5 Å². The van der Waals surface area contributed by atoms with Gasteiger partial charge in [-0.2, -0.15) is 0 Å².